The van der Waals surface area contributed by atoms with Crippen LogP contribution in [-0.2, 0) is 13.5 Å². The first-order valence-corrected chi connectivity index (χ1v) is 4.81. The van der Waals surface area contributed by atoms with E-state index in [-0.39, 0.29) is 0 Å². The van der Waals surface area contributed by atoms with Crippen molar-refractivity contribution in [3.05, 3.63) is 17.5 Å². The first-order chi connectivity index (χ1) is 6.09. The van der Waals surface area contributed by atoms with Gasteiger partial charge in [0, 0.05) is 19.2 Å². The van der Waals surface area contributed by atoms with Crippen molar-refractivity contribution in [2.45, 2.75) is 38.2 Å². The van der Waals surface area contributed by atoms with Gasteiger partial charge in [0.05, 0.1) is 11.3 Å². The maximum Gasteiger partial charge on any atom is 0.0702 e. The molecule has 2 rings (SSSR count). The Morgan fingerprint density at radius 1 is 1.62 bits per heavy atom. The highest BCUT2D eigenvalue weighted by Gasteiger charge is 2.35. The van der Waals surface area contributed by atoms with E-state index in [0.717, 1.165) is 37.1 Å². The zero-order chi connectivity index (χ0) is 9.47. The summed E-state index contributed by atoms with van der Waals surface area (Å²) in [6.07, 6.45) is 3.80. The molecule has 1 heterocycles. The van der Waals surface area contributed by atoms with Gasteiger partial charge in [-0.2, -0.15) is 5.10 Å². The molecule has 0 atom stereocenters. The van der Waals surface area contributed by atoms with Gasteiger partial charge in [0.15, 0.2) is 0 Å². The summed E-state index contributed by atoms with van der Waals surface area (Å²) in [5.74, 6) is 0. The van der Waals surface area contributed by atoms with E-state index in [9.17, 15) is 5.11 Å². The van der Waals surface area contributed by atoms with Crippen molar-refractivity contribution in [3.63, 3.8) is 0 Å². The van der Waals surface area contributed by atoms with Crippen molar-refractivity contribution in [2.75, 3.05) is 0 Å². The summed E-state index contributed by atoms with van der Waals surface area (Å²) in [5.41, 5.74) is 1.74. The lowest BCUT2D eigenvalue weighted by Gasteiger charge is -2.36. The Morgan fingerprint density at radius 2 is 2.31 bits per heavy atom. The Bertz CT molecular complexity index is 313. The fraction of sp³-hybridized carbons (Fsp3) is 0.700. The normalized spacial score (nSPS) is 19.9. The van der Waals surface area contributed by atoms with E-state index >= 15 is 0 Å². The van der Waals surface area contributed by atoms with Crippen LogP contribution in [0, 0.1) is 6.92 Å². The first-order valence-electron chi connectivity index (χ1n) is 4.81. The Balaban J connectivity index is 2.12. The summed E-state index contributed by atoms with van der Waals surface area (Å²) in [5, 5.41) is 14.2. The van der Waals surface area contributed by atoms with Crippen LogP contribution >= 0.6 is 0 Å². The second-order valence-corrected chi connectivity index (χ2v) is 4.16. The molecule has 72 valence electrons. The average molecular weight is 180 g/mol. The van der Waals surface area contributed by atoms with E-state index in [2.05, 4.69) is 11.2 Å². The number of aliphatic hydroxyl groups is 1. The molecule has 13 heavy (non-hydrogen) atoms. The zero-order valence-corrected chi connectivity index (χ0v) is 8.25. The molecule has 0 radical (unpaired) electrons. The van der Waals surface area contributed by atoms with Crippen molar-refractivity contribution in [1.29, 1.82) is 0 Å². The molecule has 0 unspecified atom stereocenters. The van der Waals surface area contributed by atoms with Crippen LogP contribution in [0.5, 0.6) is 0 Å². The molecule has 1 aromatic rings. The second-order valence-electron chi connectivity index (χ2n) is 4.16. The largest absolute Gasteiger partial charge is 0.389 e. The van der Waals surface area contributed by atoms with Crippen LogP contribution in [0.4, 0.5) is 0 Å². The molecule has 1 saturated carbocycles. The van der Waals surface area contributed by atoms with Gasteiger partial charge >= 0.3 is 0 Å². The van der Waals surface area contributed by atoms with Crippen LogP contribution in [0.2, 0.25) is 0 Å². The number of hydrogen-bond acceptors (Lipinski definition) is 2. The molecule has 1 aromatic heterocycles. The predicted molar refractivity (Wildman–Crippen MR) is 50.4 cm³/mol. The predicted octanol–water partition coefficient (Wildman–Crippen LogP) is 1.19. The van der Waals surface area contributed by atoms with Gasteiger partial charge in [-0.25, -0.2) is 0 Å². The maximum absolute atomic E-state index is 9.96. The van der Waals surface area contributed by atoms with Gasteiger partial charge in [-0.1, -0.05) is 0 Å². The van der Waals surface area contributed by atoms with E-state index < -0.39 is 5.60 Å². The Kier molecular flexibility index (Phi) is 1.91. The molecule has 0 spiro atoms. The fourth-order valence-electron chi connectivity index (χ4n) is 1.93. The van der Waals surface area contributed by atoms with Crippen LogP contribution in [0.15, 0.2) is 6.07 Å². The van der Waals surface area contributed by atoms with Crippen molar-refractivity contribution >= 4 is 0 Å². The topological polar surface area (TPSA) is 38.0 Å². The lowest BCUT2D eigenvalue weighted by Crippen LogP contribution is -2.39. The number of aryl methyl sites for hydroxylation is 2. The van der Waals surface area contributed by atoms with E-state index in [1.54, 1.807) is 0 Å². The van der Waals surface area contributed by atoms with Gasteiger partial charge in [-0.05, 0) is 32.3 Å². The quantitative estimate of drug-likeness (QED) is 0.742. The third kappa shape index (κ3) is 1.61. The molecule has 0 saturated heterocycles. The van der Waals surface area contributed by atoms with E-state index in [4.69, 9.17) is 0 Å². The monoisotopic (exact) mass is 180 g/mol. The van der Waals surface area contributed by atoms with E-state index in [0.29, 0.717) is 0 Å². The third-order valence-electron chi connectivity index (χ3n) is 2.89. The molecular formula is C10H16N2O. The third-order valence-corrected chi connectivity index (χ3v) is 2.89. The molecule has 1 aliphatic rings. The second kappa shape index (κ2) is 2.84. The Labute approximate surface area is 78.4 Å². The Hall–Kier alpha value is -0.830. The van der Waals surface area contributed by atoms with Crippen molar-refractivity contribution in [3.8, 4) is 0 Å². The minimum Gasteiger partial charge on any atom is -0.389 e. The van der Waals surface area contributed by atoms with Crippen molar-refractivity contribution in [1.82, 2.24) is 9.78 Å². The summed E-state index contributed by atoms with van der Waals surface area (Å²) in [7, 11) is 1.93. The number of rotatable bonds is 2. The van der Waals surface area contributed by atoms with E-state index in [1.165, 1.54) is 0 Å². The summed E-state index contributed by atoms with van der Waals surface area (Å²) in [6, 6.07) is 2.05. The standard InChI is InChI=1S/C10H16N2O/c1-8-6-9(12(2)11-8)7-10(13)4-3-5-10/h6,13H,3-5,7H2,1-2H3. The van der Waals surface area contributed by atoms with Crippen LogP contribution in [0.1, 0.15) is 30.7 Å². The van der Waals surface area contributed by atoms with Crippen LogP contribution in [0.25, 0.3) is 0 Å². The highest BCUT2D eigenvalue weighted by Crippen LogP contribution is 2.34. The number of hydrogen-bond donors (Lipinski definition) is 1. The van der Waals surface area contributed by atoms with E-state index in [1.807, 2.05) is 18.7 Å². The summed E-state index contributed by atoms with van der Waals surface area (Å²) in [4.78, 5) is 0. The number of aromatic nitrogens is 2. The lowest BCUT2D eigenvalue weighted by molar-refractivity contribution is -0.0337. The Morgan fingerprint density at radius 3 is 2.69 bits per heavy atom. The number of nitrogens with zero attached hydrogens (tertiary/aromatic N) is 2. The molecular weight excluding hydrogens is 164 g/mol. The van der Waals surface area contributed by atoms with Crippen LogP contribution in [0.3, 0.4) is 0 Å². The molecule has 0 amide bonds. The van der Waals surface area contributed by atoms with Gasteiger partial charge in [-0.3, -0.25) is 4.68 Å². The summed E-state index contributed by atoms with van der Waals surface area (Å²) < 4.78 is 1.87. The van der Waals surface area contributed by atoms with Gasteiger partial charge < -0.3 is 5.11 Å². The minimum absolute atomic E-state index is 0.430. The fourth-order valence-corrected chi connectivity index (χ4v) is 1.93. The van der Waals surface area contributed by atoms with Gasteiger partial charge in [0.2, 0.25) is 0 Å². The van der Waals surface area contributed by atoms with Crippen LogP contribution < -0.4 is 0 Å². The van der Waals surface area contributed by atoms with Gasteiger partial charge in [0.1, 0.15) is 0 Å². The summed E-state index contributed by atoms with van der Waals surface area (Å²) in [6.45, 7) is 1.98. The van der Waals surface area contributed by atoms with Gasteiger partial charge in [0.25, 0.3) is 0 Å². The molecule has 3 heteroatoms. The highest BCUT2D eigenvalue weighted by atomic mass is 16.3. The molecule has 0 aromatic carbocycles. The van der Waals surface area contributed by atoms with Gasteiger partial charge in [-0.15, -0.1) is 0 Å². The van der Waals surface area contributed by atoms with Crippen molar-refractivity contribution in [2.24, 2.45) is 7.05 Å². The molecule has 1 fully saturated rings. The molecule has 0 aliphatic heterocycles. The average Bonchev–Trinajstić information content (AvgIpc) is 2.27. The molecule has 0 bridgehead atoms. The maximum atomic E-state index is 9.96. The molecule has 1 N–H and O–H groups in total. The lowest BCUT2D eigenvalue weighted by atomic mass is 9.77. The molecule has 1 aliphatic carbocycles. The smallest absolute Gasteiger partial charge is 0.0702 e. The van der Waals surface area contributed by atoms with Crippen LogP contribution in [-0.4, -0.2) is 20.5 Å². The highest BCUT2D eigenvalue weighted by molar-refractivity contribution is 5.12. The SMILES string of the molecule is Cc1cc(CC2(O)CCC2)n(C)n1. The van der Waals surface area contributed by atoms with Crippen molar-refractivity contribution < 1.29 is 5.11 Å². The summed E-state index contributed by atoms with van der Waals surface area (Å²) >= 11 is 0. The minimum atomic E-state index is -0.430. The first kappa shape index (κ1) is 8.75. The molecule has 3 nitrogen and oxygen atoms in total. The zero-order valence-electron chi connectivity index (χ0n) is 8.25.